The predicted molar refractivity (Wildman–Crippen MR) is 38.8 cm³/mol. The Kier molecular flexibility index (Phi) is 2.40. The van der Waals surface area contributed by atoms with Crippen molar-refractivity contribution in [3.8, 4) is 0 Å². The summed E-state index contributed by atoms with van der Waals surface area (Å²) in [6.45, 7) is 0. The Morgan fingerprint density at radius 1 is 1.56 bits per heavy atom. The Morgan fingerprint density at radius 2 is 2.33 bits per heavy atom. The molecule has 1 N–H and O–H groups in total. The lowest BCUT2D eigenvalue weighted by molar-refractivity contribution is 0.451. The third kappa shape index (κ3) is 1.62. The first-order valence-corrected chi connectivity index (χ1v) is 3.75. The van der Waals surface area contributed by atoms with Crippen molar-refractivity contribution >= 4 is 11.6 Å². The van der Waals surface area contributed by atoms with Gasteiger partial charge in [0.25, 0.3) is 0 Å². The first-order chi connectivity index (χ1) is 4.34. The second-order valence-electron chi connectivity index (χ2n) is 2.42. The molecule has 9 heavy (non-hydrogen) atoms. The SMILES string of the molecule is O/C=C1\CCCCC1Cl. The molecule has 52 valence electrons. The van der Waals surface area contributed by atoms with Crippen LogP contribution >= 0.6 is 11.6 Å². The van der Waals surface area contributed by atoms with Crippen LogP contribution in [0.3, 0.4) is 0 Å². The van der Waals surface area contributed by atoms with E-state index in [2.05, 4.69) is 0 Å². The molecule has 1 aliphatic carbocycles. The van der Waals surface area contributed by atoms with E-state index < -0.39 is 0 Å². The Morgan fingerprint density at radius 3 is 2.78 bits per heavy atom. The van der Waals surface area contributed by atoms with E-state index in [9.17, 15) is 0 Å². The predicted octanol–water partition coefficient (Wildman–Crippen LogP) is 2.61. The van der Waals surface area contributed by atoms with Gasteiger partial charge < -0.3 is 5.11 Å². The number of alkyl halides is 1. The average molecular weight is 147 g/mol. The lowest BCUT2D eigenvalue weighted by Gasteiger charge is -2.17. The van der Waals surface area contributed by atoms with Gasteiger partial charge in [-0.15, -0.1) is 11.6 Å². The van der Waals surface area contributed by atoms with Gasteiger partial charge in [-0.25, -0.2) is 0 Å². The first-order valence-electron chi connectivity index (χ1n) is 3.32. The van der Waals surface area contributed by atoms with E-state index in [4.69, 9.17) is 16.7 Å². The highest BCUT2D eigenvalue weighted by atomic mass is 35.5. The van der Waals surface area contributed by atoms with Crippen LogP contribution in [0.5, 0.6) is 0 Å². The van der Waals surface area contributed by atoms with Crippen molar-refractivity contribution in [1.29, 1.82) is 0 Å². The molecule has 1 nitrogen and oxygen atoms in total. The van der Waals surface area contributed by atoms with Crippen LogP contribution in [-0.4, -0.2) is 10.5 Å². The fourth-order valence-electron chi connectivity index (χ4n) is 1.14. The zero-order chi connectivity index (χ0) is 6.69. The van der Waals surface area contributed by atoms with Crippen LogP contribution in [0, 0.1) is 0 Å². The highest BCUT2D eigenvalue weighted by Crippen LogP contribution is 2.26. The summed E-state index contributed by atoms with van der Waals surface area (Å²) in [6.07, 6.45) is 5.54. The van der Waals surface area contributed by atoms with Gasteiger partial charge in [0, 0.05) is 0 Å². The molecule has 0 aromatic rings. The van der Waals surface area contributed by atoms with Gasteiger partial charge in [-0.3, -0.25) is 0 Å². The molecule has 0 aliphatic heterocycles. The zero-order valence-corrected chi connectivity index (χ0v) is 6.06. The summed E-state index contributed by atoms with van der Waals surface area (Å²) in [4.78, 5) is 0. The number of aliphatic hydroxyl groups excluding tert-OH is 1. The standard InChI is InChI=1S/C7H11ClO/c8-7-4-2-1-3-6(7)5-9/h5,7,9H,1-4H2/b6-5+. The fraction of sp³-hybridized carbons (Fsp3) is 0.714. The van der Waals surface area contributed by atoms with E-state index in [1.54, 1.807) is 0 Å². The van der Waals surface area contributed by atoms with Gasteiger partial charge in [-0.1, -0.05) is 6.42 Å². The number of aliphatic hydroxyl groups is 1. The molecule has 1 atom stereocenters. The molecule has 0 amide bonds. The van der Waals surface area contributed by atoms with E-state index in [-0.39, 0.29) is 5.38 Å². The highest BCUT2D eigenvalue weighted by molar-refractivity contribution is 6.22. The van der Waals surface area contributed by atoms with Crippen molar-refractivity contribution in [1.82, 2.24) is 0 Å². The lowest BCUT2D eigenvalue weighted by Crippen LogP contribution is -2.08. The minimum absolute atomic E-state index is 0.101. The van der Waals surface area contributed by atoms with Crippen LogP contribution in [0.4, 0.5) is 0 Å². The maximum absolute atomic E-state index is 8.61. The van der Waals surface area contributed by atoms with Crippen molar-refractivity contribution in [2.24, 2.45) is 0 Å². The van der Waals surface area contributed by atoms with Crippen LogP contribution < -0.4 is 0 Å². The van der Waals surface area contributed by atoms with E-state index >= 15 is 0 Å². The summed E-state index contributed by atoms with van der Waals surface area (Å²) in [5.74, 6) is 0. The van der Waals surface area contributed by atoms with Gasteiger partial charge >= 0.3 is 0 Å². The fourth-order valence-corrected chi connectivity index (χ4v) is 1.46. The minimum Gasteiger partial charge on any atom is -0.516 e. The zero-order valence-electron chi connectivity index (χ0n) is 5.31. The summed E-state index contributed by atoms with van der Waals surface area (Å²) in [6, 6.07) is 0. The maximum atomic E-state index is 8.61. The largest absolute Gasteiger partial charge is 0.516 e. The van der Waals surface area contributed by atoms with Crippen molar-refractivity contribution < 1.29 is 5.11 Å². The van der Waals surface area contributed by atoms with Crippen LogP contribution in [0.1, 0.15) is 25.7 Å². The van der Waals surface area contributed by atoms with Crippen LogP contribution in [0.15, 0.2) is 11.8 Å². The van der Waals surface area contributed by atoms with E-state index in [0.717, 1.165) is 24.7 Å². The molecule has 1 fully saturated rings. The van der Waals surface area contributed by atoms with Gasteiger partial charge in [0.1, 0.15) is 0 Å². The van der Waals surface area contributed by atoms with Crippen LogP contribution in [-0.2, 0) is 0 Å². The topological polar surface area (TPSA) is 20.2 Å². The van der Waals surface area contributed by atoms with Crippen LogP contribution in [0.2, 0.25) is 0 Å². The summed E-state index contributed by atoms with van der Waals surface area (Å²) < 4.78 is 0. The van der Waals surface area contributed by atoms with Crippen molar-refractivity contribution in [3.63, 3.8) is 0 Å². The molecule has 1 rings (SSSR count). The van der Waals surface area contributed by atoms with Gasteiger partial charge in [-0.2, -0.15) is 0 Å². The van der Waals surface area contributed by atoms with E-state index in [1.165, 1.54) is 12.8 Å². The Hall–Kier alpha value is -0.170. The number of allylic oxidation sites excluding steroid dienone is 1. The van der Waals surface area contributed by atoms with Gasteiger partial charge in [0.05, 0.1) is 11.6 Å². The monoisotopic (exact) mass is 146 g/mol. The quantitative estimate of drug-likeness (QED) is 0.412. The molecule has 1 aliphatic rings. The average Bonchev–Trinajstić information content (AvgIpc) is 1.89. The Labute approximate surface area is 60.3 Å². The van der Waals surface area contributed by atoms with Crippen molar-refractivity contribution in [2.75, 3.05) is 0 Å². The van der Waals surface area contributed by atoms with Gasteiger partial charge in [-0.05, 0) is 24.8 Å². The second kappa shape index (κ2) is 3.11. The molecule has 0 bridgehead atoms. The lowest BCUT2D eigenvalue weighted by atomic mass is 9.95. The third-order valence-corrected chi connectivity index (χ3v) is 2.24. The molecule has 0 saturated heterocycles. The molecular weight excluding hydrogens is 136 g/mol. The molecular formula is C7H11ClO. The van der Waals surface area contributed by atoms with E-state index in [1.807, 2.05) is 0 Å². The van der Waals surface area contributed by atoms with E-state index in [0.29, 0.717) is 0 Å². The third-order valence-electron chi connectivity index (χ3n) is 1.74. The molecule has 0 heterocycles. The summed E-state index contributed by atoms with van der Waals surface area (Å²) in [7, 11) is 0. The molecule has 2 heteroatoms. The second-order valence-corrected chi connectivity index (χ2v) is 2.94. The molecule has 1 unspecified atom stereocenters. The summed E-state index contributed by atoms with van der Waals surface area (Å²) >= 11 is 5.85. The number of hydrogen-bond acceptors (Lipinski definition) is 1. The smallest absolute Gasteiger partial charge is 0.0798 e. The summed E-state index contributed by atoms with van der Waals surface area (Å²) in [5, 5.41) is 8.72. The molecule has 0 aromatic carbocycles. The molecule has 0 aromatic heterocycles. The maximum Gasteiger partial charge on any atom is 0.0798 e. The number of halogens is 1. The van der Waals surface area contributed by atoms with Crippen LogP contribution in [0.25, 0.3) is 0 Å². The van der Waals surface area contributed by atoms with Gasteiger partial charge in [0.15, 0.2) is 0 Å². The number of hydrogen-bond donors (Lipinski definition) is 1. The summed E-state index contributed by atoms with van der Waals surface area (Å²) in [5.41, 5.74) is 1.00. The van der Waals surface area contributed by atoms with Crippen molar-refractivity contribution in [2.45, 2.75) is 31.1 Å². The highest BCUT2D eigenvalue weighted by Gasteiger charge is 2.15. The molecule has 0 radical (unpaired) electrons. The number of rotatable bonds is 0. The Bertz CT molecular complexity index is 120. The normalized spacial score (nSPS) is 33.0. The Balaban J connectivity index is 2.49. The van der Waals surface area contributed by atoms with Gasteiger partial charge in [0.2, 0.25) is 0 Å². The first kappa shape index (κ1) is 6.94. The molecule has 1 saturated carbocycles. The minimum atomic E-state index is 0.101. The van der Waals surface area contributed by atoms with Crippen molar-refractivity contribution in [3.05, 3.63) is 11.8 Å². The molecule has 0 spiro atoms.